The lowest BCUT2D eigenvalue weighted by molar-refractivity contribution is 0.458. The molecule has 0 aliphatic heterocycles. The molecule has 1 N–H and O–H groups in total. The topological polar surface area (TPSA) is 35.8 Å². The van der Waals surface area contributed by atoms with Gasteiger partial charge in [0.1, 0.15) is 0 Å². The lowest BCUT2D eigenvalue weighted by Crippen LogP contribution is -2.31. The zero-order valence-electron chi connectivity index (χ0n) is 10.8. The first-order valence-corrected chi connectivity index (χ1v) is 6.49. The fourth-order valence-corrected chi connectivity index (χ4v) is 2.01. The molecular weight excluding hydrogens is 208 g/mol. The highest BCUT2D eigenvalue weighted by Gasteiger charge is 2.12. The van der Waals surface area contributed by atoms with Crippen LogP contribution in [0, 0.1) is 11.3 Å². The number of hydrogen-bond donors (Lipinski definition) is 1. The van der Waals surface area contributed by atoms with Crippen LogP contribution < -0.4 is 5.32 Å². The van der Waals surface area contributed by atoms with E-state index < -0.39 is 0 Å². The second kappa shape index (κ2) is 7.86. The van der Waals surface area contributed by atoms with Gasteiger partial charge in [0.2, 0.25) is 0 Å². The maximum atomic E-state index is 9.20. The molecule has 92 valence electrons. The third-order valence-electron chi connectivity index (χ3n) is 3.10. The fraction of sp³-hybridized carbons (Fsp3) is 0.533. The van der Waals surface area contributed by atoms with E-state index in [1.807, 2.05) is 30.3 Å². The molecule has 0 aromatic heterocycles. The molecule has 0 radical (unpaired) electrons. The van der Waals surface area contributed by atoms with Crippen molar-refractivity contribution in [3.63, 3.8) is 0 Å². The highest BCUT2D eigenvalue weighted by atomic mass is 14.9. The summed E-state index contributed by atoms with van der Waals surface area (Å²) in [5.74, 6) is -0.0397. The van der Waals surface area contributed by atoms with Crippen molar-refractivity contribution in [1.29, 1.82) is 5.26 Å². The molecular formula is C15H22N2. The fourth-order valence-electron chi connectivity index (χ4n) is 2.01. The van der Waals surface area contributed by atoms with Crippen molar-refractivity contribution in [3.05, 3.63) is 35.9 Å². The van der Waals surface area contributed by atoms with Crippen molar-refractivity contribution < 1.29 is 0 Å². The summed E-state index contributed by atoms with van der Waals surface area (Å²) in [7, 11) is 0. The van der Waals surface area contributed by atoms with Gasteiger partial charge in [-0.15, -0.1) is 0 Å². The van der Waals surface area contributed by atoms with Crippen LogP contribution in [0.5, 0.6) is 0 Å². The van der Waals surface area contributed by atoms with E-state index in [0.717, 1.165) is 18.5 Å². The molecule has 17 heavy (non-hydrogen) atoms. The van der Waals surface area contributed by atoms with Crippen LogP contribution >= 0.6 is 0 Å². The van der Waals surface area contributed by atoms with E-state index in [-0.39, 0.29) is 5.92 Å². The SMILES string of the molecule is CCCC(CC)NCC(C#N)c1ccccc1. The summed E-state index contributed by atoms with van der Waals surface area (Å²) in [6.07, 6.45) is 3.50. The van der Waals surface area contributed by atoms with E-state index in [1.54, 1.807) is 0 Å². The lowest BCUT2D eigenvalue weighted by atomic mass is 10.00. The van der Waals surface area contributed by atoms with Gasteiger partial charge in [-0.3, -0.25) is 0 Å². The van der Waals surface area contributed by atoms with Crippen LogP contribution in [-0.4, -0.2) is 12.6 Å². The smallest absolute Gasteiger partial charge is 0.0837 e. The Labute approximate surface area is 105 Å². The second-order valence-corrected chi connectivity index (χ2v) is 4.39. The molecule has 2 unspecified atom stereocenters. The molecule has 0 saturated heterocycles. The first kappa shape index (κ1) is 13.7. The summed E-state index contributed by atoms with van der Waals surface area (Å²) in [6.45, 7) is 5.14. The highest BCUT2D eigenvalue weighted by Crippen LogP contribution is 2.14. The minimum Gasteiger partial charge on any atom is -0.312 e. The number of nitrogens with one attached hydrogen (secondary N) is 1. The zero-order valence-corrected chi connectivity index (χ0v) is 10.8. The number of benzene rings is 1. The Kier molecular flexibility index (Phi) is 6.35. The van der Waals surface area contributed by atoms with Gasteiger partial charge in [0.25, 0.3) is 0 Å². The van der Waals surface area contributed by atoms with Crippen LogP contribution in [0.2, 0.25) is 0 Å². The molecule has 0 fully saturated rings. The van der Waals surface area contributed by atoms with Crippen molar-refractivity contribution >= 4 is 0 Å². The van der Waals surface area contributed by atoms with E-state index in [4.69, 9.17) is 0 Å². The quantitative estimate of drug-likeness (QED) is 0.778. The van der Waals surface area contributed by atoms with Crippen LogP contribution in [0.15, 0.2) is 30.3 Å². The predicted octanol–water partition coefficient (Wildman–Crippen LogP) is 3.46. The highest BCUT2D eigenvalue weighted by molar-refractivity contribution is 5.25. The summed E-state index contributed by atoms with van der Waals surface area (Å²) in [6, 6.07) is 12.9. The van der Waals surface area contributed by atoms with Gasteiger partial charge in [0.05, 0.1) is 12.0 Å². The Bertz CT molecular complexity index is 340. The van der Waals surface area contributed by atoms with Crippen LogP contribution in [0.4, 0.5) is 0 Å². The van der Waals surface area contributed by atoms with Crippen molar-refractivity contribution in [2.24, 2.45) is 0 Å². The number of nitriles is 1. The molecule has 1 aromatic rings. The molecule has 0 aliphatic carbocycles. The van der Waals surface area contributed by atoms with Crippen LogP contribution in [0.1, 0.15) is 44.6 Å². The van der Waals surface area contributed by atoms with E-state index in [2.05, 4.69) is 25.2 Å². The molecule has 0 saturated carbocycles. The maximum absolute atomic E-state index is 9.20. The van der Waals surface area contributed by atoms with Gasteiger partial charge in [-0.1, -0.05) is 50.6 Å². The summed E-state index contributed by atoms with van der Waals surface area (Å²) in [5, 5.41) is 12.7. The summed E-state index contributed by atoms with van der Waals surface area (Å²) in [5.41, 5.74) is 1.11. The molecule has 1 rings (SSSR count). The molecule has 0 spiro atoms. The van der Waals surface area contributed by atoms with Gasteiger partial charge in [0.15, 0.2) is 0 Å². The normalized spacial score (nSPS) is 13.9. The van der Waals surface area contributed by atoms with Crippen molar-refractivity contribution in [2.45, 2.75) is 45.1 Å². The first-order valence-electron chi connectivity index (χ1n) is 6.49. The molecule has 0 bridgehead atoms. The molecule has 0 aliphatic rings. The summed E-state index contributed by atoms with van der Waals surface area (Å²) in [4.78, 5) is 0. The van der Waals surface area contributed by atoms with Gasteiger partial charge in [-0.2, -0.15) is 5.26 Å². The summed E-state index contributed by atoms with van der Waals surface area (Å²) < 4.78 is 0. The molecule has 0 heterocycles. The Balaban J connectivity index is 2.51. The van der Waals surface area contributed by atoms with Crippen LogP contribution in [0.25, 0.3) is 0 Å². The monoisotopic (exact) mass is 230 g/mol. The number of hydrogen-bond acceptors (Lipinski definition) is 2. The first-order chi connectivity index (χ1) is 8.31. The largest absolute Gasteiger partial charge is 0.312 e. The third kappa shape index (κ3) is 4.58. The summed E-state index contributed by atoms with van der Waals surface area (Å²) >= 11 is 0. The third-order valence-corrected chi connectivity index (χ3v) is 3.10. The van der Waals surface area contributed by atoms with Crippen molar-refractivity contribution in [1.82, 2.24) is 5.32 Å². The second-order valence-electron chi connectivity index (χ2n) is 4.39. The van der Waals surface area contributed by atoms with Crippen LogP contribution in [0.3, 0.4) is 0 Å². The maximum Gasteiger partial charge on any atom is 0.0837 e. The molecule has 0 amide bonds. The van der Waals surface area contributed by atoms with Crippen molar-refractivity contribution in [3.8, 4) is 6.07 Å². The van der Waals surface area contributed by atoms with E-state index in [1.165, 1.54) is 12.8 Å². The minimum absolute atomic E-state index is 0.0397. The Morgan fingerprint density at radius 3 is 2.47 bits per heavy atom. The van der Waals surface area contributed by atoms with E-state index in [0.29, 0.717) is 6.04 Å². The average molecular weight is 230 g/mol. The Hall–Kier alpha value is -1.33. The Morgan fingerprint density at radius 2 is 1.94 bits per heavy atom. The molecule has 2 nitrogen and oxygen atoms in total. The van der Waals surface area contributed by atoms with Gasteiger partial charge >= 0.3 is 0 Å². The lowest BCUT2D eigenvalue weighted by Gasteiger charge is -2.18. The average Bonchev–Trinajstić information content (AvgIpc) is 2.39. The zero-order chi connectivity index (χ0) is 12.5. The Morgan fingerprint density at radius 1 is 1.24 bits per heavy atom. The molecule has 2 atom stereocenters. The van der Waals surface area contributed by atoms with E-state index in [9.17, 15) is 5.26 Å². The molecule has 1 aromatic carbocycles. The van der Waals surface area contributed by atoms with Gasteiger partial charge in [-0.25, -0.2) is 0 Å². The number of nitrogens with zero attached hydrogens (tertiary/aromatic N) is 1. The van der Waals surface area contributed by atoms with Crippen molar-refractivity contribution in [2.75, 3.05) is 6.54 Å². The molecule has 2 heteroatoms. The minimum atomic E-state index is -0.0397. The van der Waals surface area contributed by atoms with E-state index >= 15 is 0 Å². The van der Waals surface area contributed by atoms with Gasteiger partial charge < -0.3 is 5.32 Å². The van der Waals surface area contributed by atoms with Gasteiger partial charge in [0, 0.05) is 12.6 Å². The van der Waals surface area contributed by atoms with Gasteiger partial charge in [-0.05, 0) is 18.4 Å². The predicted molar refractivity (Wildman–Crippen MR) is 71.8 cm³/mol. The number of rotatable bonds is 7. The standard InChI is InChI=1S/C15H22N2/c1-3-8-15(4-2)17-12-14(11-16)13-9-6-5-7-10-13/h5-7,9-10,14-15,17H,3-4,8,12H2,1-2H3. The van der Waals surface area contributed by atoms with Crippen LogP contribution in [-0.2, 0) is 0 Å².